The highest BCUT2D eigenvalue weighted by Gasteiger charge is 2.37. The molecule has 24 heavy (non-hydrogen) atoms. The Morgan fingerprint density at radius 2 is 1.83 bits per heavy atom. The number of amides is 3. The monoisotopic (exact) mass is 323 g/mol. The SMILES string of the molecule is CC(C)c1ccc(NC(=O)CN2C(=O)c3cccnc3C2=O)cc1. The van der Waals surface area contributed by atoms with Crippen molar-refractivity contribution in [3.63, 3.8) is 0 Å². The molecule has 0 fully saturated rings. The Hall–Kier alpha value is -3.02. The van der Waals surface area contributed by atoms with E-state index in [1.165, 1.54) is 17.8 Å². The predicted octanol–water partition coefficient (Wildman–Crippen LogP) is 2.44. The lowest BCUT2D eigenvalue weighted by Gasteiger charge is -2.13. The van der Waals surface area contributed by atoms with Crippen molar-refractivity contribution in [2.24, 2.45) is 0 Å². The second-order valence-electron chi connectivity index (χ2n) is 5.92. The third-order valence-corrected chi connectivity index (χ3v) is 3.89. The average molecular weight is 323 g/mol. The number of nitrogens with one attached hydrogen (secondary N) is 1. The highest BCUT2D eigenvalue weighted by molar-refractivity contribution is 6.21. The van der Waals surface area contributed by atoms with Crippen molar-refractivity contribution in [1.29, 1.82) is 0 Å². The summed E-state index contributed by atoms with van der Waals surface area (Å²) in [4.78, 5) is 41.4. The maximum absolute atomic E-state index is 12.2. The van der Waals surface area contributed by atoms with Gasteiger partial charge in [-0.2, -0.15) is 0 Å². The van der Waals surface area contributed by atoms with Crippen LogP contribution in [0.1, 0.15) is 46.2 Å². The van der Waals surface area contributed by atoms with Crippen LogP contribution >= 0.6 is 0 Å². The Balaban J connectivity index is 1.68. The summed E-state index contributed by atoms with van der Waals surface area (Å²) in [5.41, 5.74) is 2.12. The average Bonchev–Trinajstić information content (AvgIpc) is 2.81. The topological polar surface area (TPSA) is 79.4 Å². The van der Waals surface area contributed by atoms with Crippen LogP contribution in [-0.2, 0) is 4.79 Å². The molecule has 6 heteroatoms. The molecular formula is C18H17N3O3. The van der Waals surface area contributed by atoms with Crippen LogP contribution in [0.3, 0.4) is 0 Å². The van der Waals surface area contributed by atoms with Crippen molar-refractivity contribution in [3.05, 3.63) is 59.4 Å². The van der Waals surface area contributed by atoms with Crippen molar-refractivity contribution >= 4 is 23.4 Å². The Kier molecular flexibility index (Phi) is 4.12. The molecule has 122 valence electrons. The van der Waals surface area contributed by atoms with Crippen LogP contribution in [0, 0.1) is 0 Å². The number of pyridine rings is 1. The molecule has 0 aliphatic carbocycles. The minimum atomic E-state index is -0.541. The van der Waals surface area contributed by atoms with Crippen LogP contribution in [0.15, 0.2) is 42.6 Å². The first kappa shape index (κ1) is 15.9. The summed E-state index contributed by atoms with van der Waals surface area (Å²) in [5, 5.41) is 2.70. The third kappa shape index (κ3) is 2.90. The Morgan fingerprint density at radius 1 is 1.12 bits per heavy atom. The molecule has 0 saturated heterocycles. The van der Waals surface area contributed by atoms with E-state index >= 15 is 0 Å². The maximum Gasteiger partial charge on any atom is 0.280 e. The van der Waals surface area contributed by atoms with Crippen LogP contribution in [0.5, 0.6) is 0 Å². The highest BCUT2D eigenvalue weighted by atomic mass is 16.2. The van der Waals surface area contributed by atoms with E-state index in [0.29, 0.717) is 11.6 Å². The normalized spacial score (nSPS) is 13.4. The van der Waals surface area contributed by atoms with Crippen LogP contribution in [0.4, 0.5) is 5.69 Å². The molecule has 0 radical (unpaired) electrons. The zero-order chi connectivity index (χ0) is 17.3. The van der Waals surface area contributed by atoms with Gasteiger partial charge in [-0.3, -0.25) is 24.3 Å². The number of carbonyl (C=O) groups excluding carboxylic acids is 3. The van der Waals surface area contributed by atoms with Gasteiger partial charge < -0.3 is 5.32 Å². The van der Waals surface area contributed by atoms with Gasteiger partial charge in [-0.25, -0.2) is 0 Å². The summed E-state index contributed by atoms with van der Waals surface area (Å²) in [5.74, 6) is -1.06. The largest absolute Gasteiger partial charge is 0.325 e. The van der Waals surface area contributed by atoms with Crippen molar-refractivity contribution < 1.29 is 14.4 Å². The third-order valence-electron chi connectivity index (χ3n) is 3.89. The zero-order valence-electron chi connectivity index (χ0n) is 13.4. The van der Waals surface area contributed by atoms with E-state index in [0.717, 1.165) is 4.90 Å². The van der Waals surface area contributed by atoms with Gasteiger partial charge in [0.25, 0.3) is 11.8 Å². The fourth-order valence-corrected chi connectivity index (χ4v) is 2.55. The van der Waals surface area contributed by atoms with E-state index in [2.05, 4.69) is 24.1 Å². The number of hydrogen-bond donors (Lipinski definition) is 1. The standard InChI is InChI=1S/C18H17N3O3/c1-11(2)12-5-7-13(8-6-12)20-15(22)10-21-17(23)14-4-3-9-19-16(14)18(21)24/h3-9,11H,10H2,1-2H3,(H,20,22). The number of carbonyl (C=O) groups is 3. The summed E-state index contributed by atoms with van der Waals surface area (Å²) in [6.07, 6.45) is 1.45. The lowest BCUT2D eigenvalue weighted by atomic mass is 10.0. The van der Waals surface area contributed by atoms with Crippen molar-refractivity contribution in [2.45, 2.75) is 19.8 Å². The highest BCUT2D eigenvalue weighted by Crippen LogP contribution is 2.21. The molecule has 2 aromatic rings. The molecule has 1 aromatic heterocycles. The number of aromatic nitrogens is 1. The first-order chi connectivity index (χ1) is 11.5. The molecule has 0 spiro atoms. The number of imide groups is 1. The Labute approximate surface area is 139 Å². The smallest absolute Gasteiger partial charge is 0.280 e. The molecule has 6 nitrogen and oxygen atoms in total. The van der Waals surface area contributed by atoms with Gasteiger partial charge in [-0.05, 0) is 35.7 Å². The van der Waals surface area contributed by atoms with E-state index in [9.17, 15) is 14.4 Å². The summed E-state index contributed by atoms with van der Waals surface area (Å²) in [6, 6.07) is 10.6. The van der Waals surface area contributed by atoms with Crippen LogP contribution in [0.25, 0.3) is 0 Å². The molecule has 0 atom stereocenters. The Bertz CT molecular complexity index is 778. The number of hydrogen-bond acceptors (Lipinski definition) is 4. The van der Waals surface area contributed by atoms with Crippen molar-refractivity contribution in [2.75, 3.05) is 11.9 Å². The summed E-state index contributed by atoms with van der Waals surface area (Å²) in [7, 11) is 0. The molecule has 0 unspecified atom stereocenters. The summed E-state index contributed by atoms with van der Waals surface area (Å²) in [6.45, 7) is 3.84. The Morgan fingerprint density at radius 3 is 2.46 bits per heavy atom. The maximum atomic E-state index is 12.2. The minimum absolute atomic E-state index is 0.0941. The lowest BCUT2D eigenvalue weighted by molar-refractivity contribution is -0.116. The molecule has 3 rings (SSSR count). The molecular weight excluding hydrogens is 306 g/mol. The number of fused-ring (bicyclic) bond motifs is 1. The van der Waals surface area contributed by atoms with Crippen LogP contribution < -0.4 is 5.32 Å². The lowest BCUT2D eigenvalue weighted by Crippen LogP contribution is -2.37. The molecule has 1 aromatic carbocycles. The quantitative estimate of drug-likeness (QED) is 0.877. The van der Waals surface area contributed by atoms with Crippen molar-refractivity contribution in [1.82, 2.24) is 9.88 Å². The van der Waals surface area contributed by atoms with E-state index < -0.39 is 17.7 Å². The first-order valence-electron chi connectivity index (χ1n) is 7.68. The molecule has 0 saturated carbocycles. The van der Waals surface area contributed by atoms with E-state index in [-0.39, 0.29) is 17.8 Å². The van der Waals surface area contributed by atoms with E-state index in [1.807, 2.05) is 12.1 Å². The molecule has 1 aliphatic rings. The predicted molar refractivity (Wildman–Crippen MR) is 88.8 cm³/mol. The van der Waals surface area contributed by atoms with Gasteiger partial charge in [0.15, 0.2) is 0 Å². The van der Waals surface area contributed by atoms with E-state index in [4.69, 9.17) is 0 Å². The molecule has 1 aliphatic heterocycles. The van der Waals surface area contributed by atoms with Gasteiger partial charge in [0.1, 0.15) is 12.2 Å². The van der Waals surface area contributed by atoms with Crippen molar-refractivity contribution in [3.8, 4) is 0 Å². The van der Waals surface area contributed by atoms with E-state index in [1.54, 1.807) is 18.2 Å². The van der Waals surface area contributed by atoms with Gasteiger partial charge in [0.2, 0.25) is 5.91 Å². The second kappa shape index (κ2) is 6.23. The van der Waals surface area contributed by atoms with Gasteiger partial charge >= 0.3 is 0 Å². The van der Waals surface area contributed by atoms with Crippen LogP contribution in [0.2, 0.25) is 0 Å². The first-order valence-corrected chi connectivity index (χ1v) is 7.68. The molecule has 1 N–H and O–H groups in total. The molecule has 3 amide bonds. The number of anilines is 1. The number of benzene rings is 1. The van der Waals surface area contributed by atoms with Crippen LogP contribution in [-0.4, -0.2) is 34.2 Å². The summed E-state index contributed by atoms with van der Waals surface area (Å²) >= 11 is 0. The zero-order valence-corrected chi connectivity index (χ0v) is 13.4. The van der Waals surface area contributed by atoms with Gasteiger partial charge in [-0.15, -0.1) is 0 Å². The second-order valence-corrected chi connectivity index (χ2v) is 5.92. The fourth-order valence-electron chi connectivity index (χ4n) is 2.55. The molecule has 0 bridgehead atoms. The minimum Gasteiger partial charge on any atom is -0.325 e. The number of nitrogens with zero attached hydrogens (tertiary/aromatic N) is 2. The number of rotatable bonds is 4. The van der Waals surface area contributed by atoms with Gasteiger partial charge in [0.05, 0.1) is 5.56 Å². The van der Waals surface area contributed by atoms with Gasteiger partial charge in [-0.1, -0.05) is 26.0 Å². The summed E-state index contributed by atoms with van der Waals surface area (Å²) < 4.78 is 0. The molecule has 2 heterocycles. The van der Waals surface area contributed by atoms with Gasteiger partial charge in [0, 0.05) is 11.9 Å². The fraction of sp³-hybridized carbons (Fsp3) is 0.222.